The van der Waals surface area contributed by atoms with Gasteiger partial charge in [0.1, 0.15) is 13.2 Å². The van der Waals surface area contributed by atoms with Crippen LogP contribution in [-0.2, 0) is 20.6 Å². The number of hydrogen-bond acceptors (Lipinski definition) is 9. The second-order valence-electron chi connectivity index (χ2n) is 10.0. The van der Waals surface area contributed by atoms with Gasteiger partial charge in [-0.3, -0.25) is 15.1 Å². The summed E-state index contributed by atoms with van der Waals surface area (Å²) in [7, 11) is 0. The van der Waals surface area contributed by atoms with Crippen LogP contribution in [0.15, 0.2) is 4.79 Å². The van der Waals surface area contributed by atoms with Crippen molar-refractivity contribution in [2.24, 2.45) is 0 Å². The lowest BCUT2D eigenvalue weighted by Crippen LogP contribution is -2.32. The summed E-state index contributed by atoms with van der Waals surface area (Å²) in [5, 5.41) is 24.8. The monoisotopic (exact) mass is 573 g/mol. The van der Waals surface area contributed by atoms with Crippen molar-refractivity contribution in [2.45, 2.75) is 95.8 Å². The maximum absolute atomic E-state index is 13.0. The zero-order chi connectivity index (χ0) is 29.5. The second kappa shape index (κ2) is 20.8. The third-order valence-electron chi connectivity index (χ3n) is 6.89. The number of nitriles is 2. The molecule has 0 bridgehead atoms. The van der Waals surface area contributed by atoms with E-state index in [4.69, 9.17) is 15.3 Å². The Hall–Kier alpha value is -4.00. The molecule has 1 heterocycles. The number of aromatic amines is 1. The third kappa shape index (κ3) is 14.3. The van der Waals surface area contributed by atoms with E-state index in [0.29, 0.717) is 37.6 Å². The normalized spacial score (nSPS) is 12.9. The van der Waals surface area contributed by atoms with Gasteiger partial charge in [0.2, 0.25) is 5.95 Å². The molecule has 3 amide bonds. The van der Waals surface area contributed by atoms with E-state index in [9.17, 15) is 14.4 Å². The Labute approximate surface area is 241 Å². The Kier molecular flexibility index (Phi) is 16.9. The average Bonchev–Trinajstić information content (AvgIpc) is 2.97. The lowest BCUT2D eigenvalue weighted by molar-refractivity contribution is 0.147. The maximum Gasteiger partial charge on any atom is 0.407 e. The highest BCUT2D eigenvalue weighted by Crippen LogP contribution is 2.33. The molecule has 0 aromatic carbocycles. The molecule has 0 radical (unpaired) electrons. The number of nitrogens with zero attached hydrogens (tertiary/aromatic N) is 3. The van der Waals surface area contributed by atoms with Crippen LogP contribution in [0.2, 0.25) is 0 Å². The first kappa shape index (κ1) is 33.2. The van der Waals surface area contributed by atoms with Gasteiger partial charge in [-0.15, -0.1) is 0 Å². The van der Waals surface area contributed by atoms with Crippen LogP contribution in [0.4, 0.5) is 15.5 Å². The van der Waals surface area contributed by atoms with Crippen LogP contribution < -0.4 is 21.5 Å². The quantitative estimate of drug-likeness (QED) is 0.138. The summed E-state index contributed by atoms with van der Waals surface area (Å²) in [5.74, 6) is 0.213. The highest BCUT2D eigenvalue weighted by Gasteiger charge is 2.23. The van der Waals surface area contributed by atoms with Crippen LogP contribution in [0.1, 0.15) is 101 Å². The first-order chi connectivity index (χ1) is 20.0. The fourth-order valence-electron chi connectivity index (χ4n) is 4.77. The number of hydrogen-bond donors (Lipinski definition) is 4. The standard InChI is InChI=1S/C28H43N7O6/c29-20-39-17-10-3-1-8-15-31-27(37)35-26-33-24(22-12-6-5-7-13-22)23(25(36)34-26)14-19-41-28(38)32-16-9-2-4-11-18-40-21-30/h22H,1-19H2,(H,32,38)(H3,31,33,34,35,36,37). The number of carbonyl (C=O) groups excluding carboxylic acids is 2. The highest BCUT2D eigenvalue weighted by molar-refractivity contribution is 5.87. The minimum atomic E-state index is -0.535. The Bertz CT molecular complexity index is 1060. The number of alkyl carbamates (subject to hydrolysis) is 1. The fraction of sp³-hybridized carbons (Fsp3) is 0.714. The molecular formula is C28H43N7O6. The second-order valence-corrected chi connectivity index (χ2v) is 10.0. The summed E-state index contributed by atoms with van der Waals surface area (Å²) in [4.78, 5) is 44.8. The van der Waals surface area contributed by atoms with Crippen LogP contribution in [0.25, 0.3) is 0 Å². The molecule has 4 N–H and O–H groups in total. The molecule has 1 aliphatic carbocycles. The minimum absolute atomic E-state index is 0.0394. The summed E-state index contributed by atoms with van der Waals surface area (Å²) in [6, 6.07) is -0.446. The molecule has 226 valence electrons. The molecule has 13 nitrogen and oxygen atoms in total. The van der Waals surface area contributed by atoms with Crippen molar-refractivity contribution in [3.8, 4) is 12.5 Å². The van der Waals surface area contributed by atoms with Gasteiger partial charge in [0.25, 0.3) is 18.1 Å². The number of H-pyrrole nitrogens is 1. The van der Waals surface area contributed by atoms with Crippen molar-refractivity contribution in [2.75, 3.05) is 38.2 Å². The van der Waals surface area contributed by atoms with Gasteiger partial charge in [-0.2, -0.15) is 10.5 Å². The SMILES string of the molecule is N#COCCCCCCNC(=O)Nc1nc(C2CCCCC2)c(CCOC(=O)NCCCCCCOC#N)c(=O)[nH]1. The molecule has 0 atom stereocenters. The topological polar surface area (TPSA) is 191 Å². The van der Waals surface area contributed by atoms with Crippen LogP contribution in [0.5, 0.6) is 0 Å². The molecule has 41 heavy (non-hydrogen) atoms. The minimum Gasteiger partial charge on any atom is -0.449 e. The van der Waals surface area contributed by atoms with Crippen molar-refractivity contribution in [1.82, 2.24) is 20.6 Å². The maximum atomic E-state index is 13.0. The summed E-state index contributed by atoms with van der Waals surface area (Å²) in [5.41, 5.74) is 0.795. The van der Waals surface area contributed by atoms with E-state index in [0.717, 1.165) is 83.5 Å². The smallest absolute Gasteiger partial charge is 0.407 e. The molecular weight excluding hydrogens is 530 g/mol. The van der Waals surface area contributed by atoms with Crippen molar-refractivity contribution in [3.63, 3.8) is 0 Å². The predicted octanol–water partition coefficient (Wildman–Crippen LogP) is 4.32. The number of rotatable bonds is 19. The largest absolute Gasteiger partial charge is 0.449 e. The summed E-state index contributed by atoms with van der Waals surface area (Å²) in [6.45, 7) is 1.81. The van der Waals surface area contributed by atoms with Crippen molar-refractivity contribution >= 4 is 18.1 Å². The lowest BCUT2D eigenvalue weighted by Gasteiger charge is -2.23. The number of urea groups is 1. The van der Waals surface area contributed by atoms with Gasteiger partial charge in [-0.05, 0) is 51.4 Å². The fourth-order valence-corrected chi connectivity index (χ4v) is 4.77. The van der Waals surface area contributed by atoms with Crippen molar-refractivity contribution in [3.05, 3.63) is 21.6 Å². The number of anilines is 1. The number of aromatic nitrogens is 2. The summed E-state index contributed by atoms with van der Waals surface area (Å²) in [6.07, 6.45) is 14.8. The van der Waals surface area contributed by atoms with Gasteiger partial charge < -0.3 is 24.8 Å². The van der Waals surface area contributed by atoms with E-state index in [1.54, 1.807) is 12.5 Å². The van der Waals surface area contributed by atoms with E-state index in [-0.39, 0.29) is 30.5 Å². The summed E-state index contributed by atoms with van der Waals surface area (Å²) < 4.78 is 14.6. The molecule has 0 saturated heterocycles. The molecule has 0 spiro atoms. The number of nitrogens with one attached hydrogen (secondary N) is 4. The van der Waals surface area contributed by atoms with Crippen molar-refractivity contribution in [1.29, 1.82) is 10.5 Å². The van der Waals surface area contributed by atoms with Crippen molar-refractivity contribution < 1.29 is 23.8 Å². The first-order valence-electron chi connectivity index (χ1n) is 14.7. The van der Waals surface area contributed by atoms with Gasteiger partial charge in [0.15, 0.2) is 0 Å². The zero-order valence-corrected chi connectivity index (χ0v) is 23.8. The van der Waals surface area contributed by atoms with Gasteiger partial charge in [0.05, 0.1) is 12.3 Å². The molecule has 1 aromatic rings. The Morgan fingerprint density at radius 1 is 0.854 bits per heavy atom. The molecule has 0 unspecified atom stereocenters. The van der Waals surface area contributed by atoms with Gasteiger partial charge in [-0.1, -0.05) is 32.1 Å². The third-order valence-corrected chi connectivity index (χ3v) is 6.89. The average molecular weight is 574 g/mol. The number of carbonyl (C=O) groups is 2. The van der Waals surface area contributed by atoms with E-state index in [1.165, 1.54) is 0 Å². The Morgan fingerprint density at radius 3 is 2.10 bits per heavy atom. The van der Waals surface area contributed by atoms with E-state index < -0.39 is 12.1 Å². The van der Waals surface area contributed by atoms with Crippen LogP contribution in [0.3, 0.4) is 0 Å². The lowest BCUT2D eigenvalue weighted by atomic mass is 9.85. The van der Waals surface area contributed by atoms with Crippen LogP contribution >= 0.6 is 0 Å². The Morgan fingerprint density at radius 2 is 1.46 bits per heavy atom. The Balaban J connectivity index is 1.82. The molecule has 1 fully saturated rings. The van der Waals surface area contributed by atoms with E-state index >= 15 is 0 Å². The first-order valence-corrected chi connectivity index (χ1v) is 14.7. The van der Waals surface area contributed by atoms with Gasteiger partial charge >= 0.3 is 12.1 Å². The van der Waals surface area contributed by atoms with Crippen LogP contribution in [0, 0.1) is 23.0 Å². The molecule has 1 saturated carbocycles. The van der Waals surface area contributed by atoms with E-state index in [2.05, 4.69) is 35.4 Å². The highest BCUT2D eigenvalue weighted by atomic mass is 16.5. The number of unbranched alkanes of at least 4 members (excludes halogenated alkanes) is 6. The molecule has 1 aromatic heterocycles. The zero-order valence-electron chi connectivity index (χ0n) is 23.8. The van der Waals surface area contributed by atoms with E-state index in [1.807, 2.05) is 0 Å². The van der Waals surface area contributed by atoms with Gasteiger partial charge in [0, 0.05) is 31.0 Å². The molecule has 0 aliphatic heterocycles. The molecule has 13 heteroatoms. The predicted molar refractivity (Wildman–Crippen MR) is 151 cm³/mol. The molecule has 1 aliphatic rings. The van der Waals surface area contributed by atoms with Gasteiger partial charge in [-0.25, -0.2) is 14.6 Å². The summed E-state index contributed by atoms with van der Waals surface area (Å²) >= 11 is 0. The number of ether oxygens (including phenoxy) is 3. The van der Waals surface area contributed by atoms with Crippen LogP contribution in [-0.4, -0.2) is 55.0 Å². The molecule has 2 rings (SSSR count). The number of amides is 3.